The minimum absolute atomic E-state index is 0.336. The standard InChI is InChI=1S/C14H18F3NO.C2H6/c1-2-11-3-4-12(13(9-11)14(15,16)17)10-18-5-7-19-8-6-18;1-2/h3-4,9H,2,5-8,10H2,1H3;1-2H3. The van der Waals surface area contributed by atoms with E-state index in [1.165, 1.54) is 6.07 Å². The summed E-state index contributed by atoms with van der Waals surface area (Å²) in [5.74, 6) is 0. The van der Waals surface area contributed by atoms with E-state index in [-0.39, 0.29) is 0 Å². The van der Waals surface area contributed by atoms with E-state index >= 15 is 0 Å². The number of benzene rings is 1. The molecule has 1 heterocycles. The second kappa shape index (κ2) is 8.39. The first-order valence-electron chi connectivity index (χ1n) is 7.50. The summed E-state index contributed by atoms with van der Waals surface area (Å²) >= 11 is 0. The lowest BCUT2D eigenvalue weighted by Gasteiger charge is -2.27. The van der Waals surface area contributed by atoms with E-state index in [0.717, 1.165) is 5.56 Å². The molecule has 0 unspecified atom stereocenters. The first-order chi connectivity index (χ1) is 10.0. The molecule has 0 N–H and O–H groups in total. The number of aryl methyl sites for hydroxylation is 1. The van der Waals surface area contributed by atoms with Crippen LogP contribution in [0, 0.1) is 0 Å². The Bertz CT molecular complexity index is 426. The summed E-state index contributed by atoms with van der Waals surface area (Å²) in [6, 6.07) is 4.66. The summed E-state index contributed by atoms with van der Waals surface area (Å²) in [5, 5.41) is 0. The van der Waals surface area contributed by atoms with Crippen molar-refractivity contribution in [2.45, 2.75) is 39.9 Å². The average molecular weight is 303 g/mol. The van der Waals surface area contributed by atoms with Gasteiger partial charge in [-0.15, -0.1) is 0 Å². The van der Waals surface area contributed by atoms with Crippen LogP contribution in [0.2, 0.25) is 0 Å². The molecule has 2 rings (SSSR count). The van der Waals surface area contributed by atoms with E-state index in [1.807, 2.05) is 25.7 Å². The highest BCUT2D eigenvalue weighted by Crippen LogP contribution is 2.33. The average Bonchev–Trinajstić information content (AvgIpc) is 2.49. The first-order valence-corrected chi connectivity index (χ1v) is 7.50. The number of alkyl halides is 3. The molecule has 1 fully saturated rings. The number of hydrogen-bond donors (Lipinski definition) is 0. The fourth-order valence-electron chi connectivity index (χ4n) is 2.25. The summed E-state index contributed by atoms with van der Waals surface area (Å²) in [5.41, 5.74) is 0.572. The van der Waals surface area contributed by atoms with Gasteiger partial charge in [0.1, 0.15) is 0 Å². The molecule has 1 saturated heterocycles. The molecule has 0 bridgehead atoms. The number of ether oxygens (including phenoxy) is 1. The molecule has 0 amide bonds. The Kier molecular flexibility index (Phi) is 7.18. The minimum atomic E-state index is -4.28. The van der Waals surface area contributed by atoms with Gasteiger partial charge in [-0.2, -0.15) is 13.2 Å². The van der Waals surface area contributed by atoms with Gasteiger partial charge < -0.3 is 4.74 Å². The zero-order valence-corrected chi connectivity index (χ0v) is 13.0. The van der Waals surface area contributed by atoms with Gasteiger partial charge in [0.15, 0.2) is 0 Å². The maximum Gasteiger partial charge on any atom is 0.416 e. The fraction of sp³-hybridized carbons (Fsp3) is 0.625. The van der Waals surface area contributed by atoms with Crippen molar-refractivity contribution in [1.29, 1.82) is 0 Å². The number of nitrogens with zero attached hydrogens (tertiary/aromatic N) is 1. The van der Waals surface area contributed by atoms with Crippen molar-refractivity contribution < 1.29 is 17.9 Å². The largest absolute Gasteiger partial charge is 0.416 e. The number of rotatable bonds is 3. The molecule has 1 aromatic carbocycles. The Morgan fingerprint density at radius 2 is 1.76 bits per heavy atom. The summed E-state index contributed by atoms with van der Waals surface area (Å²) in [6.45, 7) is 8.75. The van der Waals surface area contributed by atoms with Crippen molar-refractivity contribution in [2.75, 3.05) is 26.3 Å². The quantitative estimate of drug-likeness (QED) is 0.832. The SMILES string of the molecule is CC.CCc1ccc(CN2CCOCC2)c(C(F)(F)F)c1. The Hall–Kier alpha value is -1.07. The molecule has 1 aliphatic rings. The monoisotopic (exact) mass is 303 g/mol. The lowest BCUT2D eigenvalue weighted by atomic mass is 10.0. The molecule has 0 radical (unpaired) electrons. The maximum absolute atomic E-state index is 13.1. The maximum atomic E-state index is 13.1. The van der Waals surface area contributed by atoms with Gasteiger partial charge in [-0.05, 0) is 23.6 Å². The van der Waals surface area contributed by atoms with Gasteiger partial charge in [0, 0.05) is 19.6 Å². The predicted octanol–water partition coefficient (Wildman–Crippen LogP) is 4.13. The zero-order valence-electron chi connectivity index (χ0n) is 13.0. The minimum Gasteiger partial charge on any atom is -0.379 e. The molecular formula is C16H24F3NO. The van der Waals surface area contributed by atoms with Gasteiger partial charge in [-0.1, -0.05) is 32.9 Å². The molecule has 21 heavy (non-hydrogen) atoms. The molecule has 1 aromatic rings. The molecule has 0 aromatic heterocycles. The van der Waals surface area contributed by atoms with Crippen molar-refractivity contribution in [3.05, 3.63) is 34.9 Å². The van der Waals surface area contributed by atoms with Gasteiger partial charge in [0.25, 0.3) is 0 Å². The van der Waals surface area contributed by atoms with Crippen LogP contribution >= 0.6 is 0 Å². The van der Waals surface area contributed by atoms with E-state index in [0.29, 0.717) is 44.8 Å². The van der Waals surface area contributed by atoms with Crippen LogP contribution in [0.3, 0.4) is 0 Å². The first kappa shape index (κ1) is 18.0. The van der Waals surface area contributed by atoms with Crippen molar-refractivity contribution in [2.24, 2.45) is 0 Å². The second-order valence-corrected chi connectivity index (χ2v) is 4.73. The van der Waals surface area contributed by atoms with E-state index in [9.17, 15) is 13.2 Å². The van der Waals surface area contributed by atoms with Crippen LogP contribution < -0.4 is 0 Å². The Morgan fingerprint density at radius 3 is 2.29 bits per heavy atom. The summed E-state index contributed by atoms with van der Waals surface area (Å²) in [4.78, 5) is 2.00. The van der Waals surface area contributed by atoms with Gasteiger partial charge in [0.2, 0.25) is 0 Å². The molecule has 0 spiro atoms. The highest BCUT2D eigenvalue weighted by Gasteiger charge is 2.33. The van der Waals surface area contributed by atoms with Crippen LogP contribution in [-0.4, -0.2) is 31.2 Å². The number of morpholine rings is 1. The topological polar surface area (TPSA) is 12.5 Å². The molecule has 1 aliphatic heterocycles. The molecular weight excluding hydrogens is 279 g/mol. The molecule has 0 atom stereocenters. The third-order valence-electron chi connectivity index (χ3n) is 3.39. The number of hydrogen-bond acceptors (Lipinski definition) is 2. The van der Waals surface area contributed by atoms with Gasteiger partial charge in [0.05, 0.1) is 18.8 Å². The highest BCUT2D eigenvalue weighted by molar-refractivity contribution is 5.34. The Morgan fingerprint density at radius 1 is 1.14 bits per heavy atom. The Labute approximate surface area is 124 Å². The fourth-order valence-corrected chi connectivity index (χ4v) is 2.25. The lowest BCUT2D eigenvalue weighted by Crippen LogP contribution is -2.36. The van der Waals surface area contributed by atoms with Gasteiger partial charge in [-0.3, -0.25) is 4.90 Å². The smallest absolute Gasteiger partial charge is 0.379 e. The summed E-state index contributed by atoms with van der Waals surface area (Å²) in [7, 11) is 0. The third kappa shape index (κ3) is 5.32. The van der Waals surface area contributed by atoms with Gasteiger partial charge >= 0.3 is 6.18 Å². The third-order valence-corrected chi connectivity index (χ3v) is 3.39. The number of halogens is 3. The van der Waals surface area contributed by atoms with Crippen molar-refractivity contribution >= 4 is 0 Å². The van der Waals surface area contributed by atoms with Crippen LogP contribution in [0.5, 0.6) is 0 Å². The van der Waals surface area contributed by atoms with Crippen LogP contribution in [-0.2, 0) is 23.9 Å². The van der Waals surface area contributed by atoms with Gasteiger partial charge in [-0.25, -0.2) is 0 Å². The lowest BCUT2D eigenvalue weighted by molar-refractivity contribution is -0.138. The highest BCUT2D eigenvalue weighted by atomic mass is 19.4. The van der Waals surface area contributed by atoms with E-state index in [4.69, 9.17) is 4.74 Å². The van der Waals surface area contributed by atoms with E-state index in [1.54, 1.807) is 12.1 Å². The van der Waals surface area contributed by atoms with Crippen LogP contribution in [0.25, 0.3) is 0 Å². The van der Waals surface area contributed by atoms with E-state index in [2.05, 4.69) is 0 Å². The van der Waals surface area contributed by atoms with Crippen LogP contribution in [0.4, 0.5) is 13.2 Å². The van der Waals surface area contributed by atoms with Crippen molar-refractivity contribution in [1.82, 2.24) is 4.90 Å². The van der Waals surface area contributed by atoms with Crippen molar-refractivity contribution in [3.63, 3.8) is 0 Å². The predicted molar refractivity (Wildman–Crippen MR) is 78.3 cm³/mol. The van der Waals surface area contributed by atoms with Crippen LogP contribution in [0.15, 0.2) is 18.2 Å². The summed E-state index contributed by atoms with van der Waals surface area (Å²) in [6.07, 6.45) is -3.67. The zero-order chi connectivity index (χ0) is 15.9. The van der Waals surface area contributed by atoms with E-state index < -0.39 is 11.7 Å². The molecule has 0 saturated carbocycles. The Balaban J connectivity index is 0.00000106. The summed E-state index contributed by atoms with van der Waals surface area (Å²) < 4.78 is 44.4. The molecule has 5 heteroatoms. The molecule has 120 valence electrons. The second-order valence-electron chi connectivity index (χ2n) is 4.73. The van der Waals surface area contributed by atoms with Crippen molar-refractivity contribution in [3.8, 4) is 0 Å². The normalized spacial score (nSPS) is 16.3. The molecule has 0 aliphatic carbocycles. The van der Waals surface area contributed by atoms with Crippen LogP contribution in [0.1, 0.15) is 37.5 Å². The molecule has 2 nitrogen and oxygen atoms in total.